The van der Waals surface area contributed by atoms with Crippen LogP contribution in [0.25, 0.3) is 0 Å². The number of carbonyl (C=O) groups excluding carboxylic acids is 2. The minimum Gasteiger partial charge on any atom is -0.375 e. The van der Waals surface area contributed by atoms with Gasteiger partial charge in [-0.2, -0.15) is 0 Å². The van der Waals surface area contributed by atoms with E-state index in [1.165, 1.54) is 12.2 Å². The highest BCUT2D eigenvalue weighted by Gasteiger charge is 2.22. The Bertz CT molecular complexity index is 276. The van der Waals surface area contributed by atoms with Gasteiger partial charge in [0, 0.05) is 12.2 Å². The maximum atomic E-state index is 11.1. The Kier molecular flexibility index (Phi) is 3.59. The van der Waals surface area contributed by atoms with Crippen LogP contribution in [0.1, 0.15) is 6.92 Å². The summed E-state index contributed by atoms with van der Waals surface area (Å²) in [4.78, 5) is 23.3. The molecule has 0 aromatic carbocycles. The molecule has 0 N–H and O–H groups in total. The van der Waals surface area contributed by atoms with Crippen LogP contribution < -0.4 is 0 Å². The van der Waals surface area contributed by atoms with Crippen LogP contribution in [0, 0.1) is 0 Å². The second-order valence-electron chi connectivity index (χ2n) is 3.17. The second kappa shape index (κ2) is 4.72. The van der Waals surface area contributed by atoms with Crippen molar-refractivity contribution in [2.24, 2.45) is 0 Å². The summed E-state index contributed by atoms with van der Waals surface area (Å²) < 4.78 is 5.18. The highest BCUT2D eigenvalue weighted by molar-refractivity contribution is 6.12. The number of nitrogens with zero attached hydrogens (tertiary/aromatic N) is 1. The molecule has 14 heavy (non-hydrogen) atoms. The molecule has 0 saturated heterocycles. The minimum absolute atomic E-state index is 0.270. The van der Waals surface area contributed by atoms with Crippen molar-refractivity contribution in [2.45, 2.75) is 6.92 Å². The first-order chi connectivity index (χ1) is 6.61. The van der Waals surface area contributed by atoms with Gasteiger partial charge in [-0.05, 0) is 6.92 Å². The molecule has 4 heteroatoms. The van der Waals surface area contributed by atoms with Crippen LogP contribution in [0.15, 0.2) is 24.3 Å². The summed E-state index contributed by atoms with van der Waals surface area (Å²) in [7, 11) is 0. The highest BCUT2D eigenvalue weighted by atomic mass is 16.5. The third-order valence-electron chi connectivity index (χ3n) is 1.71. The standard InChI is InChI=1S/C10H13NO3/c1-8(2)7-14-6-5-11-9(12)3-4-10(11)13/h3-4H,1,5-7H2,2H3. The second-order valence-corrected chi connectivity index (χ2v) is 3.17. The van der Waals surface area contributed by atoms with Gasteiger partial charge in [0.2, 0.25) is 0 Å². The van der Waals surface area contributed by atoms with Gasteiger partial charge in [0.1, 0.15) is 0 Å². The molecule has 1 rings (SSSR count). The van der Waals surface area contributed by atoms with Crippen LogP contribution in [0.4, 0.5) is 0 Å². The fourth-order valence-electron chi connectivity index (χ4n) is 1.05. The van der Waals surface area contributed by atoms with E-state index >= 15 is 0 Å². The molecule has 0 fully saturated rings. The molecule has 0 bridgehead atoms. The quantitative estimate of drug-likeness (QED) is 0.364. The Hall–Kier alpha value is -1.42. The summed E-state index contributed by atoms with van der Waals surface area (Å²) in [5.41, 5.74) is 0.919. The molecule has 0 spiro atoms. The molecule has 0 aliphatic carbocycles. The number of ether oxygens (including phenoxy) is 1. The van der Waals surface area contributed by atoms with Crippen molar-refractivity contribution in [1.29, 1.82) is 0 Å². The normalized spacial score (nSPS) is 15.4. The Labute approximate surface area is 82.8 Å². The zero-order valence-electron chi connectivity index (χ0n) is 8.16. The van der Waals surface area contributed by atoms with Crippen LogP contribution in [0.5, 0.6) is 0 Å². The average Bonchev–Trinajstić information content (AvgIpc) is 2.42. The summed E-state index contributed by atoms with van der Waals surface area (Å²) in [5.74, 6) is -0.539. The van der Waals surface area contributed by atoms with Crippen molar-refractivity contribution in [3.63, 3.8) is 0 Å². The van der Waals surface area contributed by atoms with E-state index in [0.29, 0.717) is 19.8 Å². The molecule has 0 aromatic heterocycles. The van der Waals surface area contributed by atoms with Gasteiger partial charge in [0.05, 0.1) is 19.8 Å². The van der Waals surface area contributed by atoms with Gasteiger partial charge >= 0.3 is 0 Å². The molecule has 1 aliphatic heterocycles. The van der Waals surface area contributed by atoms with Crippen molar-refractivity contribution in [3.8, 4) is 0 Å². The monoisotopic (exact) mass is 195 g/mol. The SMILES string of the molecule is C=C(C)COCCN1C(=O)C=CC1=O. The van der Waals surface area contributed by atoms with Crippen molar-refractivity contribution in [3.05, 3.63) is 24.3 Å². The van der Waals surface area contributed by atoms with Crippen molar-refractivity contribution < 1.29 is 14.3 Å². The van der Waals surface area contributed by atoms with Crippen LogP contribution in [-0.2, 0) is 14.3 Å². The summed E-state index contributed by atoms with van der Waals surface area (Å²) in [6, 6.07) is 0. The van der Waals surface area contributed by atoms with Crippen molar-refractivity contribution in [2.75, 3.05) is 19.8 Å². The molecule has 4 nitrogen and oxygen atoms in total. The van der Waals surface area contributed by atoms with E-state index in [9.17, 15) is 9.59 Å². The number of hydrogen-bond acceptors (Lipinski definition) is 3. The zero-order chi connectivity index (χ0) is 10.6. The fourth-order valence-corrected chi connectivity index (χ4v) is 1.05. The number of amides is 2. The van der Waals surface area contributed by atoms with E-state index in [1.807, 2.05) is 6.92 Å². The predicted octanol–water partition coefficient (Wildman–Crippen LogP) is 0.504. The molecule has 1 aliphatic rings. The van der Waals surface area contributed by atoms with E-state index < -0.39 is 0 Å². The lowest BCUT2D eigenvalue weighted by Crippen LogP contribution is -2.33. The van der Waals surface area contributed by atoms with Gasteiger partial charge in [-0.15, -0.1) is 0 Å². The topological polar surface area (TPSA) is 46.6 Å². The molecule has 0 saturated carbocycles. The first kappa shape index (κ1) is 10.7. The maximum absolute atomic E-state index is 11.1. The first-order valence-corrected chi connectivity index (χ1v) is 4.37. The summed E-state index contributed by atoms with van der Waals surface area (Å²) in [5, 5.41) is 0. The fraction of sp³-hybridized carbons (Fsp3) is 0.400. The average molecular weight is 195 g/mol. The van der Waals surface area contributed by atoms with E-state index in [1.54, 1.807) is 0 Å². The number of carbonyl (C=O) groups is 2. The lowest BCUT2D eigenvalue weighted by molar-refractivity contribution is -0.137. The van der Waals surface area contributed by atoms with Gasteiger partial charge in [0.15, 0.2) is 0 Å². The molecule has 0 radical (unpaired) electrons. The molecular formula is C10H13NO3. The minimum atomic E-state index is -0.270. The summed E-state index contributed by atoms with van der Waals surface area (Å²) >= 11 is 0. The number of imide groups is 1. The third kappa shape index (κ3) is 2.81. The van der Waals surface area contributed by atoms with Crippen LogP contribution in [-0.4, -0.2) is 36.5 Å². The van der Waals surface area contributed by atoms with Gasteiger partial charge < -0.3 is 4.74 Å². The van der Waals surface area contributed by atoms with Crippen LogP contribution in [0.2, 0.25) is 0 Å². The zero-order valence-corrected chi connectivity index (χ0v) is 8.16. The van der Waals surface area contributed by atoms with E-state index in [2.05, 4.69) is 6.58 Å². The van der Waals surface area contributed by atoms with E-state index in [0.717, 1.165) is 10.5 Å². The third-order valence-corrected chi connectivity index (χ3v) is 1.71. The Balaban J connectivity index is 2.22. The lowest BCUT2D eigenvalue weighted by atomic mass is 10.4. The van der Waals surface area contributed by atoms with Gasteiger partial charge in [-0.3, -0.25) is 14.5 Å². The molecular weight excluding hydrogens is 182 g/mol. The summed E-state index contributed by atoms with van der Waals surface area (Å²) in [6.07, 6.45) is 2.53. The van der Waals surface area contributed by atoms with Gasteiger partial charge in [-0.1, -0.05) is 12.2 Å². The van der Waals surface area contributed by atoms with Gasteiger partial charge in [-0.25, -0.2) is 0 Å². The Morgan fingerprint density at radius 2 is 2.00 bits per heavy atom. The predicted molar refractivity (Wildman–Crippen MR) is 51.5 cm³/mol. The van der Waals surface area contributed by atoms with Crippen LogP contribution in [0.3, 0.4) is 0 Å². The van der Waals surface area contributed by atoms with E-state index in [4.69, 9.17) is 4.74 Å². The molecule has 1 heterocycles. The first-order valence-electron chi connectivity index (χ1n) is 4.37. The van der Waals surface area contributed by atoms with Gasteiger partial charge in [0.25, 0.3) is 11.8 Å². The molecule has 0 atom stereocenters. The molecule has 76 valence electrons. The highest BCUT2D eigenvalue weighted by Crippen LogP contribution is 2.02. The maximum Gasteiger partial charge on any atom is 0.253 e. The molecule has 0 unspecified atom stereocenters. The molecule has 0 aromatic rings. The number of rotatable bonds is 5. The van der Waals surface area contributed by atoms with E-state index in [-0.39, 0.29) is 11.8 Å². The van der Waals surface area contributed by atoms with Crippen molar-refractivity contribution >= 4 is 11.8 Å². The van der Waals surface area contributed by atoms with Crippen LogP contribution >= 0.6 is 0 Å². The van der Waals surface area contributed by atoms with Crippen molar-refractivity contribution in [1.82, 2.24) is 4.90 Å². The summed E-state index contributed by atoms with van der Waals surface area (Å²) in [6.45, 7) is 6.64. The lowest BCUT2D eigenvalue weighted by Gasteiger charge is -2.13. The Morgan fingerprint density at radius 3 is 2.50 bits per heavy atom. The smallest absolute Gasteiger partial charge is 0.253 e. The molecule has 2 amide bonds. The largest absolute Gasteiger partial charge is 0.375 e. The Morgan fingerprint density at radius 1 is 1.43 bits per heavy atom. The number of hydrogen-bond donors (Lipinski definition) is 0.